The fraction of sp³-hybridized carbons (Fsp3) is 0.500. The molecular formula is C14H17BrN2. The summed E-state index contributed by atoms with van der Waals surface area (Å²) in [6.45, 7) is 5.49. The molecule has 1 aromatic rings. The number of nitriles is 1. The zero-order valence-electron chi connectivity index (χ0n) is 10.3. The summed E-state index contributed by atoms with van der Waals surface area (Å²) in [5.74, 6) is 0.494. The molecular weight excluding hydrogens is 276 g/mol. The molecule has 0 amide bonds. The Morgan fingerprint density at radius 1 is 1.53 bits per heavy atom. The van der Waals surface area contributed by atoms with Crippen molar-refractivity contribution in [3.05, 3.63) is 28.7 Å². The van der Waals surface area contributed by atoms with E-state index in [4.69, 9.17) is 5.26 Å². The van der Waals surface area contributed by atoms with Crippen LogP contribution in [0.2, 0.25) is 0 Å². The summed E-state index contributed by atoms with van der Waals surface area (Å²) in [6, 6.07) is 10.7. The third-order valence-electron chi connectivity index (χ3n) is 3.46. The summed E-state index contributed by atoms with van der Waals surface area (Å²) in [6.07, 6.45) is 1.75. The average molecular weight is 293 g/mol. The van der Waals surface area contributed by atoms with Crippen molar-refractivity contribution < 1.29 is 0 Å². The van der Waals surface area contributed by atoms with Gasteiger partial charge in [0.05, 0.1) is 6.07 Å². The van der Waals surface area contributed by atoms with E-state index in [9.17, 15) is 0 Å². The zero-order valence-corrected chi connectivity index (χ0v) is 11.9. The molecule has 0 aliphatic carbocycles. The average Bonchev–Trinajstić information content (AvgIpc) is 2.54. The Morgan fingerprint density at radius 3 is 2.94 bits per heavy atom. The smallest absolute Gasteiger partial charge is 0.0625 e. The van der Waals surface area contributed by atoms with E-state index in [1.807, 2.05) is 6.07 Å². The molecule has 2 nitrogen and oxygen atoms in total. The van der Waals surface area contributed by atoms with Crippen molar-refractivity contribution >= 4 is 21.6 Å². The summed E-state index contributed by atoms with van der Waals surface area (Å²) >= 11 is 3.51. The van der Waals surface area contributed by atoms with Gasteiger partial charge < -0.3 is 4.90 Å². The summed E-state index contributed by atoms with van der Waals surface area (Å²) in [5.41, 5.74) is 1.38. The van der Waals surface area contributed by atoms with Crippen LogP contribution in [0, 0.1) is 17.2 Å². The molecule has 1 saturated heterocycles. The molecule has 2 rings (SSSR count). The number of hydrogen-bond acceptors (Lipinski definition) is 2. The summed E-state index contributed by atoms with van der Waals surface area (Å²) in [7, 11) is 0. The summed E-state index contributed by atoms with van der Waals surface area (Å²) < 4.78 is 1.11. The van der Waals surface area contributed by atoms with Crippen LogP contribution in [0.5, 0.6) is 0 Å². The summed E-state index contributed by atoms with van der Waals surface area (Å²) in [5, 5.41) is 8.82. The van der Waals surface area contributed by atoms with Crippen LogP contribution in [0.3, 0.4) is 0 Å². The second-order valence-corrected chi connectivity index (χ2v) is 6.25. The van der Waals surface area contributed by atoms with Crippen molar-refractivity contribution in [2.45, 2.75) is 32.2 Å². The Bertz CT molecular complexity index is 448. The van der Waals surface area contributed by atoms with Crippen LogP contribution in [-0.2, 0) is 0 Å². The second-order valence-electron chi connectivity index (χ2n) is 5.34. The lowest BCUT2D eigenvalue weighted by Gasteiger charge is -2.33. The fourth-order valence-electron chi connectivity index (χ4n) is 2.75. The Labute approximate surface area is 111 Å². The molecule has 1 unspecified atom stereocenters. The van der Waals surface area contributed by atoms with Gasteiger partial charge >= 0.3 is 0 Å². The first-order chi connectivity index (χ1) is 8.03. The molecule has 1 fully saturated rings. The molecule has 0 saturated carbocycles. The minimum atomic E-state index is 0.141. The molecule has 1 aromatic carbocycles. The van der Waals surface area contributed by atoms with E-state index in [0.29, 0.717) is 12.3 Å². The number of nitrogens with zero attached hydrogens (tertiary/aromatic N) is 2. The van der Waals surface area contributed by atoms with Crippen LogP contribution in [0.4, 0.5) is 5.69 Å². The van der Waals surface area contributed by atoms with Gasteiger partial charge in [0.1, 0.15) is 0 Å². The number of rotatable bonds is 2. The molecule has 0 N–H and O–H groups in total. The molecule has 1 atom stereocenters. The van der Waals surface area contributed by atoms with Gasteiger partial charge in [0.25, 0.3) is 0 Å². The van der Waals surface area contributed by atoms with Crippen LogP contribution >= 0.6 is 15.9 Å². The van der Waals surface area contributed by atoms with Gasteiger partial charge in [-0.15, -0.1) is 0 Å². The number of benzene rings is 1. The number of anilines is 1. The highest BCUT2D eigenvalue weighted by Gasteiger charge is 2.38. The first-order valence-corrected chi connectivity index (χ1v) is 6.72. The minimum Gasteiger partial charge on any atom is -0.366 e. The Kier molecular flexibility index (Phi) is 3.44. The van der Waals surface area contributed by atoms with Crippen molar-refractivity contribution in [3.63, 3.8) is 0 Å². The predicted octanol–water partition coefficient (Wildman–Crippen LogP) is 3.97. The van der Waals surface area contributed by atoms with Gasteiger partial charge in [-0.05, 0) is 44.4 Å². The third kappa shape index (κ3) is 2.63. The van der Waals surface area contributed by atoms with Crippen LogP contribution in [0.25, 0.3) is 0 Å². The fourth-order valence-corrected chi connectivity index (χ4v) is 3.14. The molecule has 1 aliphatic rings. The zero-order chi connectivity index (χ0) is 12.5. The quantitative estimate of drug-likeness (QED) is 0.825. The van der Waals surface area contributed by atoms with E-state index < -0.39 is 0 Å². The Morgan fingerprint density at radius 2 is 2.29 bits per heavy atom. The van der Waals surface area contributed by atoms with E-state index in [1.165, 1.54) is 5.69 Å². The van der Waals surface area contributed by atoms with Crippen molar-refractivity contribution in [2.24, 2.45) is 5.92 Å². The maximum Gasteiger partial charge on any atom is 0.0625 e. The van der Waals surface area contributed by atoms with Crippen LogP contribution < -0.4 is 4.90 Å². The van der Waals surface area contributed by atoms with Crippen molar-refractivity contribution in [2.75, 3.05) is 11.4 Å². The molecule has 0 spiro atoms. The first kappa shape index (κ1) is 12.4. The highest BCUT2D eigenvalue weighted by atomic mass is 79.9. The highest BCUT2D eigenvalue weighted by Crippen LogP contribution is 2.38. The topological polar surface area (TPSA) is 27.0 Å². The van der Waals surface area contributed by atoms with Gasteiger partial charge in [-0.3, -0.25) is 0 Å². The molecule has 1 aliphatic heterocycles. The number of halogens is 1. The molecule has 0 aromatic heterocycles. The molecule has 1 heterocycles. The molecule has 17 heavy (non-hydrogen) atoms. The molecule has 0 radical (unpaired) electrons. The SMILES string of the molecule is CC1(C)CC(CC#N)CN1c1cccc(Br)c1. The van der Waals surface area contributed by atoms with E-state index in [0.717, 1.165) is 17.4 Å². The highest BCUT2D eigenvalue weighted by molar-refractivity contribution is 9.10. The third-order valence-corrected chi connectivity index (χ3v) is 3.95. The van der Waals surface area contributed by atoms with Gasteiger partial charge in [-0.2, -0.15) is 5.26 Å². The largest absolute Gasteiger partial charge is 0.366 e. The van der Waals surface area contributed by atoms with E-state index in [2.05, 4.69) is 58.9 Å². The van der Waals surface area contributed by atoms with Crippen molar-refractivity contribution in [1.29, 1.82) is 5.26 Å². The molecule has 3 heteroatoms. The lowest BCUT2D eigenvalue weighted by atomic mass is 9.95. The van der Waals surface area contributed by atoms with Crippen molar-refractivity contribution in [3.8, 4) is 6.07 Å². The standard InChI is InChI=1S/C14H17BrN2/c1-14(2)9-11(6-7-16)10-17(14)13-5-3-4-12(15)8-13/h3-5,8,11H,6,9-10H2,1-2H3. The van der Waals surface area contributed by atoms with Crippen molar-refractivity contribution in [1.82, 2.24) is 0 Å². The van der Waals surface area contributed by atoms with Gasteiger partial charge in [0, 0.05) is 28.7 Å². The van der Waals surface area contributed by atoms with Gasteiger partial charge in [-0.1, -0.05) is 22.0 Å². The lowest BCUT2D eigenvalue weighted by molar-refractivity contribution is 0.476. The minimum absolute atomic E-state index is 0.141. The second kappa shape index (κ2) is 4.70. The predicted molar refractivity (Wildman–Crippen MR) is 73.9 cm³/mol. The van der Waals surface area contributed by atoms with E-state index in [-0.39, 0.29) is 5.54 Å². The van der Waals surface area contributed by atoms with Crippen LogP contribution in [0.15, 0.2) is 28.7 Å². The van der Waals surface area contributed by atoms with E-state index >= 15 is 0 Å². The Balaban J connectivity index is 2.24. The van der Waals surface area contributed by atoms with Gasteiger partial charge in [-0.25, -0.2) is 0 Å². The maximum absolute atomic E-state index is 8.82. The molecule has 0 bridgehead atoms. The van der Waals surface area contributed by atoms with Crippen LogP contribution in [0.1, 0.15) is 26.7 Å². The van der Waals surface area contributed by atoms with Gasteiger partial charge in [0.15, 0.2) is 0 Å². The normalized spacial score (nSPS) is 22.5. The lowest BCUT2D eigenvalue weighted by Crippen LogP contribution is -2.38. The maximum atomic E-state index is 8.82. The van der Waals surface area contributed by atoms with Gasteiger partial charge in [0.2, 0.25) is 0 Å². The van der Waals surface area contributed by atoms with E-state index in [1.54, 1.807) is 0 Å². The van der Waals surface area contributed by atoms with Crippen LogP contribution in [-0.4, -0.2) is 12.1 Å². The molecule has 90 valence electrons. The first-order valence-electron chi connectivity index (χ1n) is 5.93. The number of hydrogen-bond donors (Lipinski definition) is 0. The Hall–Kier alpha value is -1.01. The monoisotopic (exact) mass is 292 g/mol. The summed E-state index contributed by atoms with van der Waals surface area (Å²) in [4.78, 5) is 2.42.